The lowest BCUT2D eigenvalue weighted by atomic mass is 9.77. The van der Waals surface area contributed by atoms with Crippen molar-refractivity contribution in [3.8, 4) is 0 Å². The van der Waals surface area contributed by atoms with Crippen molar-refractivity contribution >= 4 is 33.5 Å². The SMILES string of the molecule is O=C(O)C1(Cc2ccc(Br)cc2Cl)CC2CC2C1. The predicted molar refractivity (Wildman–Crippen MR) is 73.8 cm³/mol. The molecule has 2 atom stereocenters. The van der Waals surface area contributed by atoms with Gasteiger partial charge in [0.05, 0.1) is 5.41 Å². The van der Waals surface area contributed by atoms with E-state index >= 15 is 0 Å². The van der Waals surface area contributed by atoms with Gasteiger partial charge in [-0.25, -0.2) is 0 Å². The maximum atomic E-state index is 11.6. The van der Waals surface area contributed by atoms with Gasteiger partial charge in [0.1, 0.15) is 0 Å². The Labute approximate surface area is 119 Å². The van der Waals surface area contributed by atoms with Gasteiger partial charge in [-0.15, -0.1) is 0 Å². The minimum Gasteiger partial charge on any atom is -0.481 e. The maximum absolute atomic E-state index is 11.6. The number of hydrogen-bond acceptors (Lipinski definition) is 1. The van der Waals surface area contributed by atoms with Crippen LogP contribution in [-0.4, -0.2) is 11.1 Å². The van der Waals surface area contributed by atoms with E-state index in [4.69, 9.17) is 11.6 Å². The molecule has 2 unspecified atom stereocenters. The molecule has 0 bridgehead atoms. The molecule has 3 rings (SSSR count). The molecule has 1 aromatic carbocycles. The molecule has 0 amide bonds. The number of fused-ring (bicyclic) bond motifs is 1. The normalized spacial score (nSPS) is 33.2. The zero-order chi connectivity index (χ0) is 12.9. The van der Waals surface area contributed by atoms with Crippen LogP contribution in [0.4, 0.5) is 0 Å². The molecule has 18 heavy (non-hydrogen) atoms. The van der Waals surface area contributed by atoms with E-state index in [9.17, 15) is 9.90 Å². The summed E-state index contributed by atoms with van der Waals surface area (Å²) < 4.78 is 0.926. The molecule has 1 N–H and O–H groups in total. The molecule has 0 heterocycles. The summed E-state index contributed by atoms with van der Waals surface area (Å²) in [6, 6.07) is 5.69. The van der Waals surface area contributed by atoms with Gasteiger partial charge in [-0.2, -0.15) is 0 Å². The number of rotatable bonds is 3. The smallest absolute Gasteiger partial charge is 0.309 e. The van der Waals surface area contributed by atoms with Gasteiger partial charge in [0.2, 0.25) is 0 Å². The summed E-state index contributed by atoms with van der Waals surface area (Å²) in [6.45, 7) is 0. The van der Waals surface area contributed by atoms with E-state index in [1.807, 2.05) is 18.2 Å². The highest BCUT2D eigenvalue weighted by molar-refractivity contribution is 9.10. The Bertz CT molecular complexity index is 505. The predicted octanol–water partition coefficient (Wildman–Crippen LogP) is 4.15. The summed E-state index contributed by atoms with van der Waals surface area (Å²) in [6.07, 6.45) is 3.42. The van der Waals surface area contributed by atoms with Gasteiger partial charge < -0.3 is 5.11 Å². The lowest BCUT2D eigenvalue weighted by molar-refractivity contribution is -0.149. The Morgan fingerprint density at radius 1 is 1.44 bits per heavy atom. The molecule has 4 heteroatoms. The van der Waals surface area contributed by atoms with Crippen LogP contribution in [0.15, 0.2) is 22.7 Å². The van der Waals surface area contributed by atoms with Gasteiger partial charge in [-0.05, 0) is 55.2 Å². The van der Waals surface area contributed by atoms with Crippen LogP contribution < -0.4 is 0 Å². The number of carbonyl (C=O) groups is 1. The number of benzene rings is 1. The molecule has 2 aliphatic carbocycles. The molecule has 0 saturated heterocycles. The molecular weight excluding hydrogens is 316 g/mol. The molecule has 2 aliphatic rings. The first kappa shape index (κ1) is 12.5. The Morgan fingerprint density at radius 2 is 2.11 bits per heavy atom. The fourth-order valence-electron chi connectivity index (χ4n) is 3.32. The molecule has 2 nitrogen and oxygen atoms in total. The van der Waals surface area contributed by atoms with Crippen LogP contribution in [0.1, 0.15) is 24.8 Å². The van der Waals surface area contributed by atoms with Gasteiger partial charge in [0.15, 0.2) is 0 Å². The van der Waals surface area contributed by atoms with Gasteiger partial charge in [-0.1, -0.05) is 33.6 Å². The van der Waals surface area contributed by atoms with Crippen LogP contribution in [0, 0.1) is 17.3 Å². The van der Waals surface area contributed by atoms with Crippen molar-refractivity contribution in [1.82, 2.24) is 0 Å². The largest absolute Gasteiger partial charge is 0.481 e. The summed E-state index contributed by atoms with van der Waals surface area (Å²) in [4.78, 5) is 11.6. The van der Waals surface area contributed by atoms with Gasteiger partial charge in [-0.3, -0.25) is 4.79 Å². The van der Waals surface area contributed by atoms with Crippen LogP contribution >= 0.6 is 27.5 Å². The van der Waals surface area contributed by atoms with E-state index in [1.165, 1.54) is 6.42 Å². The minimum absolute atomic E-state index is 0.557. The highest BCUT2D eigenvalue weighted by atomic mass is 79.9. The molecule has 2 saturated carbocycles. The van der Waals surface area contributed by atoms with Crippen LogP contribution in [0.25, 0.3) is 0 Å². The van der Waals surface area contributed by atoms with E-state index in [-0.39, 0.29) is 0 Å². The second-order valence-corrected chi connectivity index (χ2v) is 6.98. The zero-order valence-electron chi connectivity index (χ0n) is 9.83. The van der Waals surface area contributed by atoms with Crippen molar-refractivity contribution in [2.24, 2.45) is 17.3 Å². The van der Waals surface area contributed by atoms with Crippen LogP contribution in [0.2, 0.25) is 5.02 Å². The highest BCUT2D eigenvalue weighted by Gasteiger charge is 2.57. The van der Waals surface area contributed by atoms with Gasteiger partial charge in [0, 0.05) is 9.50 Å². The first-order chi connectivity index (χ1) is 8.50. The third kappa shape index (κ3) is 2.08. The third-order valence-corrected chi connectivity index (χ3v) is 5.22. The third-order valence-electron chi connectivity index (χ3n) is 4.37. The average Bonchev–Trinajstić information content (AvgIpc) is 2.91. The Morgan fingerprint density at radius 3 is 2.67 bits per heavy atom. The van der Waals surface area contributed by atoms with Crippen molar-refractivity contribution < 1.29 is 9.90 Å². The fourth-order valence-corrected chi connectivity index (χ4v) is 4.06. The maximum Gasteiger partial charge on any atom is 0.309 e. The van der Waals surface area contributed by atoms with Gasteiger partial charge >= 0.3 is 5.97 Å². The lowest BCUT2D eigenvalue weighted by Gasteiger charge is -2.26. The van der Waals surface area contributed by atoms with E-state index in [1.54, 1.807) is 0 Å². The second-order valence-electron chi connectivity index (χ2n) is 5.66. The summed E-state index contributed by atoms with van der Waals surface area (Å²) in [7, 11) is 0. The highest BCUT2D eigenvalue weighted by Crippen LogP contribution is 2.61. The Kier molecular flexibility index (Phi) is 2.94. The van der Waals surface area contributed by atoms with Gasteiger partial charge in [0.25, 0.3) is 0 Å². The van der Waals surface area contributed by atoms with Crippen LogP contribution in [0.5, 0.6) is 0 Å². The molecule has 96 valence electrons. The number of halogens is 2. The molecular formula is C14H14BrClO2. The van der Waals surface area contributed by atoms with Crippen molar-refractivity contribution in [2.45, 2.75) is 25.7 Å². The summed E-state index contributed by atoms with van der Waals surface area (Å²) in [5.74, 6) is 0.638. The monoisotopic (exact) mass is 328 g/mol. The average molecular weight is 330 g/mol. The first-order valence-electron chi connectivity index (χ1n) is 6.17. The molecule has 2 fully saturated rings. The van der Waals surface area contributed by atoms with E-state index in [2.05, 4.69) is 15.9 Å². The number of carboxylic acid groups (broad SMARTS) is 1. The standard InChI is InChI=1S/C14H14BrClO2/c15-11-2-1-8(12(16)4-11)5-14(13(17)18)6-9-3-10(9)7-14/h1-2,4,9-10H,3,5-7H2,(H,17,18). The Balaban J connectivity index is 1.87. The van der Waals surface area contributed by atoms with Crippen molar-refractivity contribution in [3.05, 3.63) is 33.3 Å². The number of aliphatic carboxylic acids is 1. The van der Waals surface area contributed by atoms with Crippen molar-refractivity contribution in [1.29, 1.82) is 0 Å². The Hall–Kier alpha value is -0.540. The molecule has 0 aliphatic heterocycles. The van der Waals surface area contributed by atoms with E-state index in [0.717, 1.165) is 22.9 Å². The summed E-state index contributed by atoms with van der Waals surface area (Å²) in [5.41, 5.74) is 0.369. The molecule has 0 aromatic heterocycles. The van der Waals surface area contributed by atoms with Crippen LogP contribution in [0.3, 0.4) is 0 Å². The molecule has 0 radical (unpaired) electrons. The molecule has 0 spiro atoms. The summed E-state index contributed by atoms with van der Waals surface area (Å²) >= 11 is 9.57. The summed E-state index contributed by atoms with van der Waals surface area (Å²) in [5, 5.41) is 10.2. The minimum atomic E-state index is -0.659. The topological polar surface area (TPSA) is 37.3 Å². The quantitative estimate of drug-likeness (QED) is 0.904. The molecule has 1 aromatic rings. The first-order valence-corrected chi connectivity index (χ1v) is 7.35. The van der Waals surface area contributed by atoms with E-state index < -0.39 is 11.4 Å². The van der Waals surface area contributed by atoms with Crippen molar-refractivity contribution in [3.63, 3.8) is 0 Å². The van der Waals surface area contributed by atoms with E-state index in [0.29, 0.717) is 23.3 Å². The van der Waals surface area contributed by atoms with Crippen molar-refractivity contribution in [2.75, 3.05) is 0 Å². The lowest BCUT2D eigenvalue weighted by Crippen LogP contribution is -2.32. The fraction of sp³-hybridized carbons (Fsp3) is 0.500. The van der Waals surface area contributed by atoms with Crippen LogP contribution in [-0.2, 0) is 11.2 Å². The second kappa shape index (κ2) is 4.24. The number of hydrogen-bond donors (Lipinski definition) is 1. The number of carboxylic acids is 1. The zero-order valence-corrected chi connectivity index (χ0v) is 12.2.